The van der Waals surface area contributed by atoms with Crippen molar-refractivity contribution in [1.29, 1.82) is 0 Å². The molecule has 1 amide bonds. The van der Waals surface area contributed by atoms with Crippen molar-refractivity contribution >= 4 is 34.0 Å². The van der Waals surface area contributed by atoms with Gasteiger partial charge < -0.3 is 14.4 Å². The van der Waals surface area contributed by atoms with E-state index in [1.54, 1.807) is 12.1 Å². The van der Waals surface area contributed by atoms with Crippen LogP contribution in [0.15, 0.2) is 24.5 Å². The van der Waals surface area contributed by atoms with Gasteiger partial charge in [0.25, 0.3) is 11.1 Å². The lowest BCUT2D eigenvalue weighted by Crippen LogP contribution is -2.17. The van der Waals surface area contributed by atoms with Gasteiger partial charge in [-0.25, -0.2) is 4.98 Å². The maximum atomic E-state index is 13.1. The predicted octanol–water partition coefficient (Wildman–Crippen LogP) is 3.55. The molecule has 3 aromatic heterocycles. The Morgan fingerprint density at radius 1 is 1.28 bits per heavy atom. The summed E-state index contributed by atoms with van der Waals surface area (Å²) in [5.74, 6) is 0.603. The van der Waals surface area contributed by atoms with Crippen LogP contribution < -0.4 is 14.8 Å². The van der Waals surface area contributed by atoms with Crippen molar-refractivity contribution in [3.8, 4) is 22.1 Å². The molecule has 9 nitrogen and oxygen atoms in total. The molecule has 1 saturated heterocycles. The molecule has 168 valence electrons. The van der Waals surface area contributed by atoms with E-state index in [9.17, 15) is 4.79 Å². The van der Waals surface area contributed by atoms with Crippen molar-refractivity contribution in [2.24, 2.45) is 5.92 Å². The molecule has 0 saturated carbocycles. The summed E-state index contributed by atoms with van der Waals surface area (Å²) in [6, 6.07) is 3.46. The predicted molar refractivity (Wildman–Crippen MR) is 123 cm³/mol. The number of anilines is 1. The summed E-state index contributed by atoms with van der Waals surface area (Å²) in [6.07, 6.45) is 4.14. The third-order valence-electron chi connectivity index (χ3n) is 5.19. The van der Waals surface area contributed by atoms with Crippen molar-refractivity contribution in [3.63, 3.8) is 0 Å². The van der Waals surface area contributed by atoms with E-state index in [2.05, 4.69) is 37.4 Å². The number of nitrogens with zero attached hydrogens (tertiary/aromatic N) is 5. The molecule has 11 heteroatoms. The molecule has 4 rings (SSSR count). The summed E-state index contributed by atoms with van der Waals surface area (Å²) in [6.45, 7) is 4.51. The monoisotopic (exact) mass is 474 g/mol. The number of nitrogens with one attached hydrogen (secondary N) is 1. The van der Waals surface area contributed by atoms with Crippen LogP contribution in [0.1, 0.15) is 22.5 Å². The van der Waals surface area contributed by atoms with Gasteiger partial charge >= 0.3 is 0 Å². The number of likely N-dealkylation sites (tertiary alicyclic amines) is 1. The lowest BCUT2D eigenvalue weighted by Gasteiger charge is -2.13. The number of pyridine rings is 2. The highest BCUT2D eigenvalue weighted by Crippen LogP contribution is 2.34. The molecule has 0 spiro atoms. The van der Waals surface area contributed by atoms with Gasteiger partial charge in [0, 0.05) is 35.5 Å². The molecule has 1 fully saturated rings. The quantitative estimate of drug-likeness (QED) is 0.518. The first kappa shape index (κ1) is 22.4. The molecular weight excluding hydrogens is 452 g/mol. The fourth-order valence-corrected chi connectivity index (χ4v) is 4.35. The van der Waals surface area contributed by atoms with Crippen LogP contribution in [-0.4, -0.2) is 64.8 Å². The Kier molecular flexibility index (Phi) is 6.83. The highest BCUT2D eigenvalue weighted by Gasteiger charge is 2.22. The zero-order chi connectivity index (χ0) is 22.7. The van der Waals surface area contributed by atoms with Crippen LogP contribution in [0, 0.1) is 12.8 Å². The molecule has 0 bridgehead atoms. The Labute approximate surface area is 194 Å². The van der Waals surface area contributed by atoms with Gasteiger partial charge in [0.1, 0.15) is 10.9 Å². The number of methoxy groups -OCH3 is 1. The summed E-state index contributed by atoms with van der Waals surface area (Å²) < 4.78 is 11.2. The van der Waals surface area contributed by atoms with Gasteiger partial charge in [-0.2, -0.15) is 0 Å². The van der Waals surface area contributed by atoms with E-state index < -0.39 is 0 Å². The largest absolute Gasteiger partial charge is 0.494 e. The van der Waals surface area contributed by atoms with Gasteiger partial charge in [0.05, 0.1) is 25.5 Å². The molecule has 0 radical (unpaired) electrons. The number of aryl methyl sites for hydroxylation is 1. The second kappa shape index (κ2) is 9.76. The standard InChI is InChI=1S/C21H23ClN6O3S/c1-12-6-14(15-7-18(22)24-9-17(15)30-3)16(8-23-12)19(29)25-20-26-27-21(32-20)31-11-13-4-5-28(2)10-13/h6-9,13H,4-5,10-11H2,1-3H3,(H,25,26,29). The number of hydrogen-bond donors (Lipinski definition) is 1. The average Bonchev–Trinajstić information content (AvgIpc) is 3.40. The third kappa shape index (κ3) is 5.14. The Hall–Kier alpha value is -2.82. The van der Waals surface area contributed by atoms with Crippen molar-refractivity contribution in [2.75, 3.05) is 39.2 Å². The minimum Gasteiger partial charge on any atom is -0.494 e. The number of ether oxygens (including phenoxy) is 2. The number of rotatable bonds is 7. The first-order valence-corrected chi connectivity index (χ1v) is 11.2. The molecule has 3 aromatic rings. The van der Waals surface area contributed by atoms with E-state index in [1.807, 2.05) is 6.92 Å². The van der Waals surface area contributed by atoms with Crippen molar-refractivity contribution < 1.29 is 14.3 Å². The summed E-state index contributed by atoms with van der Waals surface area (Å²) in [7, 11) is 3.64. The fraction of sp³-hybridized carbons (Fsp3) is 0.381. The van der Waals surface area contributed by atoms with E-state index in [-0.39, 0.29) is 5.91 Å². The summed E-state index contributed by atoms with van der Waals surface area (Å²) >= 11 is 7.29. The number of aromatic nitrogens is 4. The lowest BCUT2D eigenvalue weighted by atomic mass is 10.0. The maximum absolute atomic E-state index is 13.1. The van der Waals surface area contributed by atoms with Gasteiger partial charge in [0.2, 0.25) is 5.13 Å². The van der Waals surface area contributed by atoms with Crippen molar-refractivity contribution in [3.05, 3.63) is 40.9 Å². The highest BCUT2D eigenvalue weighted by molar-refractivity contribution is 7.17. The third-order valence-corrected chi connectivity index (χ3v) is 6.15. The molecule has 1 aliphatic rings. The second-order valence-corrected chi connectivity index (χ2v) is 8.96. The molecule has 1 aliphatic heterocycles. The number of carbonyl (C=O) groups is 1. The van der Waals surface area contributed by atoms with Gasteiger partial charge in [-0.15, -0.1) is 5.10 Å². The number of amides is 1. The Morgan fingerprint density at radius 2 is 2.12 bits per heavy atom. The minimum atomic E-state index is -0.373. The van der Waals surface area contributed by atoms with E-state index in [4.69, 9.17) is 21.1 Å². The molecule has 1 atom stereocenters. The molecule has 0 aliphatic carbocycles. The van der Waals surface area contributed by atoms with E-state index in [0.29, 0.717) is 50.4 Å². The normalized spacial score (nSPS) is 16.2. The van der Waals surface area contributed by atoms with Gasteiger partial charge in [-0.05, 0) is 50.4 Å². The number of halogens is 1. The summed E-state index contributed by atoms with van der Waals surface area (Å²) in [4.78, 5) is 23.7. The smallest absolute Gasteiger partial charge is 0.295 e. The van der Waals surface area contributed by atoms with Crippen LogP contribution in [-0.2, 0) is 0 Å². The van der Waals surface area contributed by atoms with Crippen LogP contribution in [0.4, 0.5) is 5.13 Å². The highest BCUT2D eigenvalue weighted by atomic mass is 35.5. The molecule has 32 heavy (non-hydrogen) atoms. The van der Waals surface area contributed by atoms with Crippen LogP contribution in [0.3, 0.4) is 0 Å². The van der Waals surface area contributed by atoms with Crippen LogP contribution >= 0.6 is 22.9 Å². The van der Waals surface area contributed by atoms with Crippen molar-refractivity contribution in [2.45, 2.75) is 13.3 Å². The van der Waals surface area contributed by atoms with Gasteiger partial charge in [0.15, 0.2) is 0 Å². The van der Waals surface area contributed by atoms with Crippen molar-refractivity contribution in [1.82, 2.24) is 25.1 Å². The summed E-state index contributed by atoms with van der Waals surface area (Å²) in [5, 5.41) is 11.9. The summed E-state index contributed by atoms with van der Waals surface area (Å²) in [5.41, 5.74) is 2.37. The Bertz CT molecular complexity index is 1120. The fourth-order valence-electron chi connectivity index (χ4n) is 3.59. The topological polar surface area (TPSA) is 102 Å². The zero-order valence-electron chi connectivity index (χ0n) is 18.0. The van der Waals surface area contributed by atoms with Crippen LogP contribution in [0.5, 0.6) is 10.9 Å². The lowest BCUT2D eigenvalue weighted by molar-refractivity contribution is 0.102. The minimum absolute atomic E-state index is 0.293. The Morgan fingerprint density at radius 3 is 2.88 bits per heavy atom. The average molecular weight is 475 g/mol. The molecular formula is C21H23ClN6O3S. The van der Waals surface area contributed by atoms with Crippen LogP contribution in [0.2, 0.25) is 5.15 Å². The van der Waals surface area contributed by atoms with Crippen LogP contribution in [0.25, 0.3) is 11.1 Å². The van der Waals surface area contributed by atoms with Gasteiger partial charge in [-0.1, -0.05) is 16.7 Å². The van der Waals surface area contributed by atoms with E-state index in [0.717, 1.165) is 25.2 Å². The molecule has 0 aromatic carbocycles. The number of carbonyl (C=O) groups excluding carboxylic acids is 1. The first-order valence-electron chi connectivity index (χ1n) is 10.1. The van der Waals surface area contributed by atoms with Gasteiger partial charge in [-0.3, -0.25) is 15.1 Å². The first-order chi connectivity index (χ1) is 15.4. The molecule has 1 unspecified atom stereocenters. The van der Waals surface area contributed by atoms with E-state index >= 15 is 0 Å². The Balaban J connectivity index is 1.51. The molecule has 1 N–H and O–H groups in total. The molecule has 4 heterocycles. The zero-order valence-corrected chi connectivity index (χ0v) is 19.5. The SMILES string of the molecule is COc1cnc(Cl)cc1-c1cc(C)ncc1C(=O)Nc1nnc(OCC2CCN(C)C2)s1. The maximum Gasteiger partial charge on any atom is 0.295 e. The van der Waals surface area contributed by atoms with E-state index in [1.165, 1.54) is 30.8 Å². The second-order valence-electron chi connectivity index (χ2n) is 7.63. The number of hydrogen-bond acceptors (Lipinski definition) is 9.